The smallest absolute Gasteiger partial charge is 0.334 e. The van der Waals surface area contributed by atoms with Crippen LogP contribution in [0.15, 0.2) is 35.9 Å². The van der Waals surface area contributed by atoms with Crippen molar-refractivity contribution in [3.8, 4) is 0 Å². The Kier molecular flexibility index (Phi) is 3.29. The van der Waals surface area contributed by atoms with Gasteiger partial charge in [0.2, 0.25) is 0 Å². The molecule has 0 N–H and O–H groups in total. The molecule has 1 saturated carbocycles. The van der Waals surface area contributed by atoms with E-state index in [0.717, 1.165) is 6.42 Å². The van der Waals surface area contributed by atoms with Crippen LogP contribution in [0.2, 0.25) is 0 Å². The molecule has 2 atom stereocenters. The van der Waals surface area contributed by atoms with Crippen LogP contribution in [0.3, 0.4) is 0 Å². The molecule has 3 rings (SSSR count). The van der Waals surface area contributed by atoms with Crippen molar-refractivity contribution in [2.24, 2.45) is 11.8 Å². The first kappa shape index (κ1) is 13.5. The standard InChI is InChI=1S/C15H13NO5/c17-13-7-10-3-6-12(14(10)13)15(18)21-8-9-1-4-11(5-2-9)16(19)20/h1-2,4-6,10,14H,3,7-8H2. The summed E-state index contributed by atoms with van der Waals surface area (Å²) in [7, 11) is 0. The third-order valence-corrected chi connectivity index (χ3v) is 4.01. The molecule has 0 bridgehead atoms. The molecule has 0 aliphatic heterocycles. The molecule has 1 aromatic carbocycles. The number of carbonyl (C=O) groups is 2. The second-order valence-electron chi connectivity index (χ2n) is 5.30. The Morgan fingerprint density at radius 1 is 1.33 bits per heavy atom. The molecule has 0 heterocycles. The molecule has 108 valence electrons. The zero-order valence-electron chi connectivity index (χ0n) is 11.2. The lowest BCUT2D eigenvalue weighted by Crippen LogP contribution is -2.36. The van der Waals surface area contributed by atoms with Gasteiger partial charge in [-0.2, -0.15) is 0 Å². The summed E-state index contributed by atoms with van der Waals surface area (Å²) in [5.74, 6) is -0.348. The van der Waals surface area contributed by atoms with E-state index in [4.69, 9.17) is 4.74 Å². The molecule has 2 unspecified atom stereocenters. The third-order valence-electron chi connectivity index (χ3n) is 4.01. The lowest BCUT2D eigenvalue weighted by Gasteiger charge is -2.30. The first-order valence-electron chi connectivity index (χ1n) is 6.69. The van der Waals surface area contributed by atoms with Gasteiger partial charge in [0.05, 0.1) is 10.8 Å². The SMILES string of the molecule is O=C(OCc1ccc([N+](=O)[O-])cc1)C1=CCC2CC(=O)C12. The van der Waals surface area contributed by atoms with E-state index < -0.39 is 10.9 Å². The van der Waals surface area contributed by atoms with Crippen molar-refractivity contribution in [2.45, 2.75) is 19.4 Å². The highest BCUT2D eigenvalue weighted by Gasteiger charge is 2.47. The van der Waals surface area contributed by atoms with Gasteiger partial charge < -0.3 is 4.74 Å². The van der Waals surface area contributed by atoms with Gasteiger partial charge in [-0.15, -0.1) is 0 Å². The maximum absolute atomic E-state index is 12.0. The number of ether oxygens (including phenoxy) is 1. The van der Waals surface area contributed by atoms with Crippen LogP contribution in [0, 0.1) is 22.0 Å². The minimum absolute atomic E-state index is 0.00788. The molecular weight excluding hydrogens is 274 g/mol. The number of carbonyl (C=O) groups excluding carboxylic acids is 2. The number of non-ortho nitro benzene ring substituents is 1. The number of nitro groups is 1. The van der Waals surface area contributed by atoms with Crippen LogP contribution in [0.25, 0.3) is 0 Å². The maximum Gasteiger partial charge on any atom is 0.334 e. The van der Waals surface area contributed by atoms with Gasteiger partial charge in [-0.3, -0.25) is 14.9 Å². The topological polar surface area (TPSA) is 86.5 Å². The van der Waals surface area contributed by atoms with Gasteiger partial charge in [0.15, 0.2) is 0 Å². The molecule has 6 heteroatoms. The molecule has 0 radical (unpaired) electrons. The number of ketones is 1. The van der Waals surface area contributed by atoms with Crippen molar-refractivity contribution in [2.75, 3.05) is 0 Å². The van der Waals surface area contributed by atoms with Crippen LogP contribution in [0.5, 0.6) is 0 Å². The molecule has 0 spiro atoms. The van der Waals surface area contributed by atoms with Gasteiger partial charge in [-0.25, -0.2) is 4.79 Å². The molecule has 0 saturated heterocycles. The van der Waals surface area contributed by atoms with Crippen molar-refractivity contribution < 1.29 is 19.2 Å². The Balaban J connectivity index is 1.59. The number of allylic oxidation sites excluding steroid dienone is 1. The Hall–Kier alpha value is -2.50. The van der Waals surface area contributed by atoms with E-state index in [-0.39, 0.29) is 29.9 Å². The van der Waals surface area contributed by atoms with Crippen LogP contribution in [-0.4, -0.2) is 16.7 Å². The van der Waals surface area contributed by atoms with Crippen LogP contribution < -0.4 is 0 Å². The number of hydrogen-bond donors (Lipinski definition) is 0. The quantitative estimate of drug-likeness (QED) is 0.481. The van der Waals surface area contributed by atoms with Gasteiger partial charge in [0.1, 0.15) is 12.4 Å². The number of benzene rings is 1. The van der Waals surface area contributed by atoms with Gasteiger partial charge in [-0.1, -0.05) is 6.08 Å². The van der Waals surface area contributed by atoms with E-state index in [1.807, 2.05) is 0 Å². The van der Waals surface area contributed by atoms with Crippen LogP contribution in [0.4, 0.5) is 5.69 Å². The molecule has 2 aliphatic rings. The monoisotopic (exact) mass is 287 g/mol. The summed E-state index contributed by atoms with van der Waals surface area (Å²) in [6.45, 7) is 0.0414. The fourth-order valence-electron chi connectivity index (χ4n) is 2.81. The summed E-state index contributed by atoms with van der Waals surface area (Å²) in [4.78, 5) is 33.5. The van der Waals surface area contributed by atoms with E-state index in [1.165, 1.54) is 12.1 Å². The lowest BCUT2D eigenvalue weighted by molar-refractivity contribution is -0.384. The Morgan fingerprint density at radius 3 is 2.67 bits per heavy atom. The largest absolute Gasteiger partial charge is 0.457 e. The van der Waals surface area contributed by atoms with Crippen molar-refractivity contribution in [1.29, 1.82) is 0 Å². The zero-order chi connectivity index (χ0) is 15.0. The Labute approximate surface area is 120 Å². The minimum atomic E-state index is -0.485. The van der Waals surface area contributed by atoms with Crippen molar-refractivity contribution in [3.05, 3.63) is 51.6 Å². The van der Waals surface area contributed by atoms with Crippen LogP contribution in [0.1, 0.15) is 18.4 Å². The number of nitro benzene ring substituents is 1. The number of rotatable bonds is 4. The highest BCUT2D eigenvalue weighted by Crippen LogP contribution is 2.44. The van der Waals surface area contributed by atoms with Gasteiger partial charge in [-0.05, 0) is 30.0 Å². The van der Waals surface area contributed by atoms with Crippen molar-refractivity contribution in [1.82, 2.24) is 0 Å². The number of hydrogen-bond acceptors (Lipinski definition) is 5. The Morgan fingerprint density at radius 2 is 2.05 bits per heavy atom. The fourth-order valence-corrected chi connectivity index (χ4v) is 2.81. The molecule has 1 fully saturated rings. The second-order valence-corrected chi connectivity index (χ2v) is 5.30. The third kappa shape index (κ3) is 2.44. The number of esters is 1. The molecule has 6 nitrogen and oxygen atoms in total. The molecule has 2 aliphatic carbocycles. The fraction of sp³-hybridized carbons (Fsp3) is 0.333. The van der Waals surface area contributed by atoms with E-state index in [0.29, 0.717) is 17.6 Å². The first-order valence-corrected chi connectivity index (χ1v) is 6.69. The van der Waals surface area contributed by atoms with Gasteiger partial charge >= 0.3 is 5.97 Å². The predicted molar refractivity (Wildman–Crippen MR) is 72.2 cm³/mol. The highest BCUT2D eigenvalue weighted by molar-refractivity contribution is 6.02. The maximum atomic E-state index is 12.0. The molecular formula is C15H13NO5. The normalized spacial score (nSPS) is 23.0. The molecule has 1 aromatic rings. The summed E-state index contributed by atoms with van der Waals surface area (Å²) in [5, 5.41) is 10.5. The number of nitrogens with zero attached hydrogens (tertiary/aromatic N) is 1. The van der Waals surface area contributed by atoms with E-state index in [1.54, 1.807) is 18.2 Å². The summed E-state index contributed by atoms with van der Waals surface area (Å²) in [5.41, 5.74) is 1.13. The average molecular weight is 287 g/mol. The number of fused-ring (bicyclic) bond motifs is 1. The summed E-state index contributed by atoms with van der Waals surface area (Å²) >= 11 is 0. The number of Topliss-reactive ketones (excluding diaryl/α,β-unsaturated/α-hetero) is 1. The second kappa shape index (κ2) is 5.12. The zero-order valence-corrected chi connectivity index (χ0v) is 11.2. The van der Waals surface area contributed by atoms with E-state index in [9.17, 15) is 19.7 Å². The Bertz CT molecular complexity index is 647. The van der Waals surface area contributed by atoms with Crippen molar-refractivity contribution in [3.63, 3.8) is 0 Å². The predicted octanol–water partition coefficient (Wildman–Crippen LogP) is 2.17. The van der Waals surface area contributed by atoms with Gasteiger partial charge in [0, 0.05) is 24.1 Å². The van der Waals surface area contributed by atoms with Crippen LogP contribution in [-0.2, 0) is 20.9 Å². The van der Waals surface area contributed by atoms with Crippen LogP contribution >= 0.6 is 0 Å². The minimum Gasteiger partial charge on any atom is -0.457 e. The molecule has 0 aromatic heterocycles. The van der Waals surface area contributed by atoms with E-state index >= 15 is 0 Å². The molecule has 21 heavy (non-hydrogen) atoms. The average Bonchev–Trinajstić information content (AvgIpc) is 2.82. The summed E-state index contributed by atoms with van der Waals surface area (Å²) < 4.78 is 5.18. The highest BCUT2D eigenvalue weighted by atomic mass is 16.6. The first-order chi connectivity index (χ1) is 10.1. The summed E-state index contributed by atoms with van der Waals surface area (Å²) in [6, 6.07) is 5.82. The van der Waals surface area contributed by atoms with Crippen molar-refractivity contribution >= 4 is 17.4 Å². The lowest BCUT2D eigenvalue weighted by atomic mass is 9.72. The molecule has 0 amide bonds. The van der Waals surface area contributed by atoms with Gasteiger partial charge in [0.25, 0.3) is 5.69 Å². The summed E-state index contributed by atoms with van der Waals surface area (Å²) in [6.07, 6.45) is 3.11. The van der Waals surface area contributed by atoms with E-state index in [2.05, 4.69) is 0 Å².